The first kappa shape index (κ1) is 8.61. The maximum absolute atomic E-state index is 9.07. The lowest BCUT2D eigenvalue weighted by Gasteiger charge is -2.04. The minimum Gasteiger partial charge on any atom is -0.508 e. The van der Waals surface area contributed by atoms with Crippen LogP contribution in [0.1, 0.15) is 5.56 Å². The van der Waals surface area contributed by atoms with Crippen LogP contribution in [0.15, 0.2) is 18.2 Å². The van der Waals surface area contributed by atoms with Crippen LogP contribution in [0.5, 0.6) is 5.75 Å². The summed E-state index contributed by atoms with van der Waals surface area (Å²) in [6.45, 7) is 1.93. The number of aromatic hydroxyl groups is 1. The zero-order valence-corrected chi connectivity index (χ0v) is 8.12. The van der Waals surface area contributed by atoms with Crippen LogP contribution < -0.4 is 5.48 Å². The van der Waals surface area contributed by atoms with Gasteiger partial charge in [-0.1, -0.05) is 6.07 Å². The Hall–Kier alpha value is -0.490. The van der Waals surface area contributed by atoms with Gasteiger partial charge in [0.15, 0.2) is 0 Å². The number of anilines is 1. The molecule has 0 saturated carbocycles. The van der Waals surface area contributed by atoms with Crippen molar-refractivity contribution >= 4 is 28.7 Å². The first-order chi connectivity index (χ1) is 5.24. The molecule has 60 valence electrons. The van der Waals surface area contributed by atoms with Crippen molar-refractivity contribution in [2.75, 3.05) is 5.48 Å². The Labute approximate surface area is 79.0 Å². The Morgan fingerprint density at radius 1 is 1.55 bits per heavy atom. The van der Waals surface area contributed by atoms with E-state index in [4.69, 9.17) is 5.11 Å². The highest BCUT2D eigenvalue weighted by Gasteiger charge is 1.97. The minimum atomic E-state index is 0.228. The molecule has 0 atom stereocenters. The Bertz CT molecular complexity index is 252. The second kappa shape index (κ2) is 3.77. The van der Waals surface area contributed by atoms with E-state index in [0.29, 0.717) is 0 Å². The summed E-state index contributed by atoms with van der Waals surface area (Å²) < 4.78 is 4.67. The molecule has 0 fully saturated rings. The summed E-state index contributed by atoms with van der Waals surface area (Å²) in [5, 5.41) is 9.07. The summed E-state index contributed by atoms with van der Waals surface area (Å²) in [6.07, 6.45) is 0. The third-order valence-corrected chi connectivity index (χ3v) is 1.59. The molecule has 0 radical (unpaired) electrons. The maximum Gasteiger partial charge on any atom is 0.145 e. The van der Waals surface area contributed by atoms with Gasteiger partial charge in [-0.25, -0.2) is 3.17 Å². The number of rotatable bonds is 2. The molecule has 0 bridgehead atoms. The number of hydrogen-bond acceptors (Lipinski definition) is 3. The molecule has 0 aromatic heterocycles. The van der Waals surface area contributed by atoms with Gasteiger partial charge in [0.1, 0.15) is 28.8 Å². The lowest BCUT2D eigenvalue weighted by Crippen LogP contribution is -1.92. The molecule has 0 aliphatic carbocycles. The van der Waals surface area contributed by atoms with E-state index in [2.05, 4.69) is 8.65 Å². The van der Waals surface area contributed by atoms with E-state index in [1.807, 2.05) is 13.0 Å². The van der Waals surface area contributed by atoms with Crippen LogP contribution in [0, 0.1) is 6.92 Å². The molecule has 11 heavy (non-hydrogen) atoms. The maximum atomic E-state index is 9.07. The molecular weight excluding hydrogens is 257 g/mol. The number of aryl methyl sites for hydroxylation is 1. The van der Waals surface area contributed by atoms with Gasteiger partial charge in [-0.3, -0.25) is 5.48 Å². The molecule has 0 heterocycles. The van der Waals surface area contributed by atoms with Crippen LogP contribution >= 0.6 is 23.0 Å². The van der Waals surface area contributed by atoms with Gasteiger partial charge in [-0.05, 0) is 18.6 Å². The molecule has 1 aromatic carbocycles. The van der Waals surface area contributed by atoms with Crippen LogP contribution in [0.3, 0.4) is 0 Å². The van der Waals surface area contributed by atoms with Crippen LogP contribution in [0.25, 0.3) is 0 Å². The molecule has 0 spiro atoms. The molecular formula is C7H8INO2. The number of phenolic OH excluding ortho intramolecular Hbond substituents is 1. The second-order valence-corrected chi connectivity index (χ2v) is 2.62. The van der Waals surface area contributed by atoms with Gasteiger partial charge >= 0.3 is 0 Å². The van der Waals surface area contributed by atoms with Crippen molar-refractivity contribution in [3.8, 4) is 5.75 Å². The summed E-state index contributed by atoms with van der Waals surface area (Å²) in [5.41, 5.74) is 4.45. The van der Waals surface area contributed by atoms with E-state index in [9.17, 15) is 0 Å². The molecule has 1 rings (SSSR count). The number of benzene rings is 1. The molecule has 2 N–H and O–H groups in total. The monoisotopic (exact) mass is 265 g/mol. The summed E-state index contributed by atoms with van der Waals surface area (Å²) in [7, 11) is 0. The first-order valence-electron chi connectivity index (χ1n) is 3.07. The predicted octanol–water partition coefficient (Wildman–Crippen LogP) is 2.39. The van der Waals surface area contributed by atoms with Crippen LogP contribution in [-0.2, 0) is 3.17 Å². The van der Waals surface area contributed by atoms with Gasteiger partial charge < -0.3 is 5.11 Å². The molecule has 0 unspecified atom stereocenters. The molecule has 3 nitrogen and oxygen atoms in total. The van der Waals surface area contributed by atoms with Crippen molar-refractivity contribution in [2.45, 2.75) is 6.92 Å². The van der Waals surface area contributed by atoms with Gasteiger partial charge in [0.05, 0.1) is 5.69 Å². The van der Waals surface area contributed by atoms with Crippen molar-refractivity contribution in [3.05, 3.63) is 23.8 Å². The normalized spacial score (nSPS) is 9.64. The largest absolute Gasteiger partial charge is 0.508 e. The summed E-state index contributed by atoms with van der Waals surface area (Å²) in [6, 6.07) is 5.05. The molecule has 4 heteroatoms. The molecule has 0 aliphatic heterocycles. The van der Waals surface area contributed by atoms with Crippen LogP contribution in [-0.4, -0.2) is 5.11 Å². The van der Waals surface area contributed by atoms with Gasteiger partial charge in [-0.2, -0.15) is 0 Å². The highest BCUT2D eigenvalue weighted by molar-refractivity contribution is 14.1. The Morgan fingerprint density at radius 2 is 2.27 bits per heavy atom. The van der Waals surface area contributed by atoms with Gasteiger partial charge in [0.25, 0.3) is 0 Å². The van der Waals surface area contributed by atoms with Crippen LogP contribution in [0.2, 0.25) is 0 Å². The topological polar surface area (TPSA) is 41.5 Å². The molecule has 0 amide bonds. The fraction of sp³-hybridized carbons (Fsp3) is 0.143. The van der Waals surface area contributed by atoms with Gasteiger partial charge in [0, 0.05) is 6.07 Å². The molecule has 1 aromatic rings. The summed E-state index contributed by atoms with van der Waals surface area (Å²) in [4.78, 5) is 0. The summed E-state index contributed by atoms with van der Waals surface area (Å²) in [5.74, 6) is 0.228. The quantitative estimate of drug-likeness (QED) is 0.637. The average Bonchev–Trinajstić information content (AvgIpc) is 1.98. The van der Waals surface area contributed by atoms with Gasteiger partial charge in [-0.15, -0.1) is 0 Å². The van der Waals surface area contributed by atoms with E-state index in [1.165, 1.54) is 0 Å². The molecule has 0 saturated heterocycles. The third kappa shape index (κ3) is 2.23. The highest BCUT2D eigenvalue weighted by Crippen LogP contribution is 2.20. The van der Waals surface area contributed by atoms with E-state index >= 15 is 0 Å². The van der Waals surface area contributed by atoms with E-state index in [0.717, 1.165) is 11.3 Å². The standard InChI is InChI=1S/C7H8INO2/c1-5-2-3-6(10)4-7(5)9-11-8/h2-4,9-10H,1H3. The average molecular weight is 265 g/mol. The lowest BCUT2D eigenvalue weighted by atomic mass is 10.2. The minimum absolute atomic E-state index is 0.228. The zero-order valence-electron chi connectivity index (χ0n) is 5.97. The zero-order chi connectivity index (χ0) is 8.27. The van der Waals surface area contributed by atoms with Crippen molar-refractivity contribution in [1.82, 2.24) is 0 Å². The van der Waals surface area contributed by atoms with Crippen molar-refractivity contribution in [1.29, 1.82) is 0 Å². The number of phenols is 1. The first-order valence-corrected chi connectivity index (χ1v) is 3.95. The Morgan fingerprint density at radius 3 is 2.91 bits per heavy atom. The van der Waals surface area contributed by atoms with E-state index < -0.39 is 0 Å². The van der Waals surface area contributed by atoms with Crippen molar-refractivity contribution in [3.63, 3.8) is 0 Å². The predicted molar refractivity (Wildman–Crippen MR) is 51.6 cm³/mol. The van der Waals surface area contributed by atoms with E-state index in [-0.39, 0.29) is 5.75 Å². The van der Waals surface area contributed by atoms with Gasteiger partial charge in [0.2, 0.25) is 0 Å². The fourth-order valence-electron chi connectivity index (χ4n) is 0.762. The highest BCUT2D eigenvalue weighted by atomic mass is 127. The number of nitrogens with one attached hydrogen (secondary N) is 1. The summed E-state index contributed by atoms with van der Waals surface area (Å²) >= 11 is 1.73. The Kier molecular flexibility index (Phi) is 2.95. The Balaban J connectivity index is 2.93. The lowest BCUT2D eigenvalue weighted by molar-refractivity contribution is 0.473. The number of halogens is 1. The SMILES string of the molecule is Cc1ccc(O)cc1NOI. The molecule has 0 aliphatic rings. The third-order valence-electron chi connectivity index (χ3n) is 1.37. The van der Waals surface area contributed by atoms with Crippen LogP contribution in [0.4, 0.5) is 5.69 Å². The van der Waals surface area contributed by atoms with Crippen molar-refractivity contribution in [2.24, 2.45) is 0 Å². The fourth-order valence-corrected chi connectivity index (χ4v) is 0.999. The number of hydrogen-bond donors (Lipinski definition) is 2. The second-order valence-electron chi connectivity index (χ2n) is 2.18. The van der Waals surface area contributed by atoms with Crippen molar-refractivity contribution < 1.29 is 8.27 Å². The van der Waals surface area contributed by atoms with E-state index in [1.54, 1.807) is 35.1 Å². The smallest absolute Gasteiger partial charge is 0.145 e.